The second kappa shape index (κ2) is 9.97. The van der Waals surface area contributed by atoms with Crippen molar-refractivity contribution >= 4 is 11.5 Å². The van der Waals surface area contributed by atoms with Crippen molar-refractivity contribution in [1.29, 1.82) is 5.26 Å². The number of anilines is 1. The second-order valence-electron chi connectivity index (χ2n) is 9.37. The van der Waals surface area contributed by atoms with Gasteiger partial charge in [-0.25, -0.2) is 24.5 Å². The van der Waals surface area contributed by atoms with E-state index >= 15 is 0 Å². The van der Waals surface area contributed by atoms with Gasteiger partial charge in [0.05, 0.1) is 23.4 Å². The number of hydrogen-bond donors (Lipinski definition) is 2. The summed E-state index contributed by atoms with van der Waals surface area (Å²) in [5.41, 5.74) is 12.1. The molecule has 2 aromatic carbocycles. The molecule has 3 N–H and O–H groups in total. The lowest BCUT2D eigenvalue weighted by Crippen LogP contribution is -2.22. The van der Waals surface area contributed by atoms with Crippen LogP contribution in [0.4, 0.5) is 5.82 Å². The number of nitrogens with zero attached hydrogens (tertiary/aromatic N) is 8. The molecule has 1 aliphatic rings. The molecular formula is C28H25N9O. The predicted octanol–water partition coefficient (Wildman–Crippen LogP) is 2.86. The fourth-order valence-corrected chi connectivity index (χ4v) is 4.92. The Morgan fingerprint density at radius 2 is 1.95 bits per heavy atom. The molecule has 1 aliphatic heterocycles. The van der Waals surface area contributed by atoms with Crippen LogP contribution in [-0.2, 0) is 13.0 Å². The second-order valence-corrected chi connectivity index (χ2v) is 9.37. The van der Waals surface area contributed by atoms with Crippen molar-refractivity contribution in [2.45, 2.75) is 25.5 Å². The smallest absolute Gasteiger partial charge is 0.198 e. The normalized spacial score (nSPS) is 15.6. The van der Waals surface area contributed by atoms with Gasteiger partial charge >= 0.3 is 0 Å². The van der Waals surface area contributed by atoms with Gasteiger partial charge in [0.15, 0.2) is 17.3 Å². The minimum atomic E-state index is -0.263. The van der Waals surface area contributed by atoms with E-state index in [-0.39, 0.29) is 11.9 Å². The Bertz CT molecular complexity index is 1660. The Hall–Kier alpha value is -4.72. The molecule has 4 heterocycles. The summed E-state index contributed by atoms with van der Waals surface area (Å²) < 4.78 is 1.69. The van der Waals surface area contributed by atoms with Crippen molar-refractivity contribution < 1.29 is 5.11 Å². The van der Waals surface area contributed by atoms with Gasteiger partial charge in [-0.2, -0.15) is 10.4 Å². The molecule has 1 atom stereocenters. The summed E-state index contributed by atoms with van der Waals surface area (Å²) in [6.07, 6.45) is 4.17. The largest absolute Gasteiger partial charge is 0.392 e. The number of hydrogen-bond acceptors (Lipinski definition) is 9. The van der Waals surface area contributed by atoms with Crippen molar-refractivity contribution in [1.82, 2.24) is 34.4 Å². The van der Waals surface area contributed by atoms with Gasteiger partial charge in [0.1, 0.15) is 17.7 Å². The predicted molar refractivity (Wildman–Crippen MR) is 142 cm³/mol. The molecule has 0 bridgehead atoms. The van der Waals surface area contributed by atoms with Crippen LogP contribution in [0.25, 0.3) is 28.3 Å². The number of fused-ring (bicyclic) bond motifs is 1. The molecule has 188 valence electrons. The lowest BCUT2D eigenvalue weighted by Gasteiger charge is -2.17. The van der Waals surface area contributed by atoms with Crippen molar-refractivity contribution in [3.8, 4) is 28.7 Å². The van der Waals surface area contributed by atoms with E-state index in [9.17, 15) is 10.4 Å². The first-order valence-corrected chi connectivity index (χ1v) is 12.4. The Morgan fingerprint density at radius 1 is 1.08 bits per heavy atom. The van der Waals surface area contributed by atoms with E-state index in [1.165, 1.54) is 11.9 Å². The molecule has 0 spiro atoms. The Kier molecular flexibility index (Phi) is 6.21. The molecule has 3 aromatic heterocycles. The zero-order valence-electron chi connectivity index (χ0n) is 20.6. The minimum absolute atomic E-state index is 0.234. The van der Waals surface area contributed by atoms with Gasteiger partial charge in [-0.15, -0.1) is 0 Å². The number of nitrogen functional groups attached to an aromatic ring is 1. The molecule has 1 saturated heterocycles. The SMILES string of the molecule is N#Cc1cccc(-c2nc(N)c3nc(Cc4ccccc4CN4CC[C@H](O)C4)nn3c2-c2ccncn2)c1. The maximum absolute atomic E-state index is 9.94. The van der Waals surface area contributed by atoms with Gasteiger partial charge in [-0.3, -0.25) is 4.90 Å². The molecule has 6 rings (SSSR count). The number of aromatic nitrogens is 6. The standard InChI is InChI=1S/C28H25N9O/c29-14-18-4-3-7-20(12-18)25-26(23-8-10-31-17-32-23)37-28(27(30)34-25)33-24(35-37)13-19-5-1-2-6-21(19)15-36-11-9-22(38)16-36/h1-8,10,12,17,22,38H,9,11,13,15-16H2,(H2,30,34)/t22-/m0/s1. The van der Waals surface area contributed by atoms with Crippen LogP contribution in [0.1, 0.15) is 28.9 Å². The molecule has 1 fully saturated rings. The van der Waals surface area contributed by atoms with Crippen LogP contribution >= 0.6 is 0 Å². The van der Waals surface area contributed by atoms with Crippen molar-refractivity contribution in [3.63, 3.8) is 0 Å². The van der Waals surface area contributed by atoms with E-state index in [1.54, 1.807) is 28.9 Å². The minimum Gasteiger partial charge on any atom is -0.392 e. The summed E-state index contributed by atoms with van der Waals surface area (Å²) in [5.74, 6) is 0.837. The third kappa shape index (κ3) is 4.56. The molecule has 38 heavy (non-hydrogen) atoms. The topological polar surface area (TPSA) is 142 Å². The van der Waals surface area contributed by atoms with Crippen molar-refractivity contribution in [3.05, 3.63) is 89.6 Å². The quantitative estimate of drug-likeness (QED) is 0.358. The van der Waals surface area contributed by atoms with Crippen LogP contribution in [0.2, 0.25) is 0 Å². The van der Waals surface area contributed by atoms with Crippen LogP contribution in [0.3, 0.4) is 0 Å². The summed E-state index contributed by atoms with van der Waals surface area (Å²) in [7, 11) is 0. The molecule has 0 unspecified atom stereocenters. The number of aliphatic hydroxyl groups excluding tert-OH is 1. The molecule has 0 amide bonds. The van der Waals surface area contributed by atoms with Crippen LogP contribution in [0, 0.1) is 11.3 Å². The maximum atomic E-state index is 9.94. The van der Waals surface area contributed by atoms with E-state index in [2.05, 4.69) is 33.1 Å². The van der Waals surface area contributed by atoms with E-state index in [1.807, 2.05) is 24.3 Å². The Balaban J connectivity index is 1.45. The van der Waals surface area contributed by atoms with Gasteiger partial charge in [0, 0.05) is 37.8 Å². The lowest BCUT2D eigenvalue weighted by atomic mass is 10.0. The lowest BCUT2D eigenvalue weighted by molar-refractivity contribution is 0.174. The molecule has 0 aliphatic carbocycles. The number of nitriles is 1. The molecule has 0 saturated carbocycles. The van der Waals surface area contributed by atoms with E-state index in [0.717, 1.165) is 30.6 Å². The Morgan fingerprint density at radius 3 is 2.71 bits per heavy atom. The number of benzene rings is 2. The Labute approximate surface area is 219 Å². The molecular weight excluding hydrogens is 478 g/mol. The number of likely N-dealkylation sites (tertiary alicyclic amines) is 1. The van der Waals surface area contributed by atoms with Gasteiger partial charge in [0.25, 0.3) is 0 Å². The van der Waals surface area contributed by atoms with Gasteiger partial charge in [-0.1, -0.05) is 36.4 Å². The van der Waals surface area contributed by atoms with E-state index in [4.69, 9.17) is 20.8 Å². The third-order valence-corrected chi connectivity index (χ3v) is 6.75. The first kappa shape index (κ1) is 23.7. The summed E-state index contributed by atoms with van der Waals surface area (Å²) in [6, 6.07) is 19.4. The highest BCUT2D eigenvalue weighted by Crippen LogP contribution is 2.32. The summed E-state index contributed by atoms with van der Waals surface area (Å²) in [5, 5.41) is 24.2. The van der Waals surface area contributed by atoms with E-state index < -0.39 is 0 Å². The highest BCUT2D eigenvalue weighted by atomic mass is 16.3. The van der Waals surface area contributed by atoms with Crippen LogP contribution in [-0.4, -0.2) is 58.7 Å². The number of rotatable bonds is 6. The molecule has 10 nitrogen and oxygen atoms in total. The fourth-order valence-electron chi connectivity index (χ4n) is 4.92. The van der Waals surface area contributed by atoms with Crippen molar-refractivity contribution in [2.24, 2.45) is 0 Å². The van der Waals surface area contributed by atoms with Gasteiger partial charge in [0.2, 0.25) is 0 Å². The summed E-state index contributed by atoms with van der Waals surface area (Å²) in [4.78, 5) is 20.2. The number of aliphatic hydroxyl groups is 1. The number of nitrogens with two attached hydrogens (primary N) is 1. The molecule has 10 heteroatoms. The zero-order chi connectivity index (χ0) is 26.1. The van der Waals surface area contributed by atoms with Crippen LogP contribution in [0.5, 0.6) is 0 Å². The van der Waals surface area contributed by atoms with E-state index in [0.29, 0.717) is 47.1 Å². The maximum Gasteiger partial charge on any atom is 0.198 e. The van der Waals surface area contributed by atoms with Crippen molar-refractivity contribution in [2.75, 3.05) is 18.8 Å². The van der Waals surface area contributed by atoms with Gasteiger partial charge in [-0.05, 0) is 35.7 Å². The average Bonchev–Trinajstić information content (AvgIpc) is 3.56. The molecule has 0 radical (unpaired) electrons. The molecule has 5 aromatic rings. The third-order valence-electron chi connectivity index (χ3n) is 6.75. The van der Waals surface area contributed by atoms with Gasteiger partial charge < -0.3 is 10.8 Å². The first-order valence-electron chi connectivity index (χ1n) is 12.4. The summed E-state index contributed by atoms with van der Waals surface area (Å²) in [6.45, 7) is 2.32. The first-order chi connectivity index (χ1) is 18.6. The van der Waals surface area contributed by atoms with Crippen LogP contribution < -0.4 is 5.73 Å². The fraction of sp³-hybridized carbons (Fsp3) is 0.214. The highest BCUT2D eigenvalue weighted by molar-refractivity contribution is 5.81. The zero-order valence-corrected chi connectivity index (χ0v) is 20.6. The monoisotopic (exact) mass is 503 g/mol. The highest BCUT2D eigenvalue weighted by Gasteiger charge is 2.23. The average molecular weight is 504 g/mol. The summed E-state index contributed by atoms with van der Waals surface area (Å²) >= 11 is 0. The number of β-amino-alcohol motifs (C(OH)–C–C–N with tert-alkyl or cyclic N) is 1. The van der Waals surface area contributed by atoms with Crippen LogP contribution in [0.15, 0.2) is 67.1 Å².